The number of para-hydroxylation sites is 1. The molecule has 140 valence electrons. The molecular formula is C19H17ClN2O4S. The highest BCUT2D eigenvalue weighted by Gasteiger charge is 2.27. The van der Waals surface area contributed by atoms with Crippen molar-refractivity contribution in [2.24, 2.45) is 0 Å². The predicted molar refractivity (Wildman–Crippen MR) is 104 cm³/mol. The Balaban J connectivity index is 2.02. The molecule has 0 atom stereocenters. The fourth-order valence-corrected chi connectivity index (χ4v) is 4.28. The van der Waals surface area contributed by atoms with E-state index < -0.39 is 10.0 Å². The smallest absolute Gasteiger partial charge is 0.264 e. The second-order valence-electron chi connectivity index (χ2n) is 5.75. The van der Waals surface area contributed by atoms with Crippen LogP contribution in [0.5, 0.6) is 0 Å². The number of rotatable bonds is 6. The van der Waals surface area contributed by atoms with Crippen molar-refractivity contribution in [3.63, 3.8) is 0 Å². The Labute approximate surface area is 162 Å². The molecule has 3 aromatic rings. The van der Waals surface area contributed by atoms with Crippen molar-refractivity contribution in [1.29, 1.82) is 0 Å². The van der Waals surface area contributed by atoms with Gasteiger partial charge in [0.2, 0.25) is 5.91 Å². The zero-order valence-electron chi connectivity index (χ0n) is 14.4. The van der Waals surface area contributed by atoms with Crippen molar-refractivity contribution < 1.29 is 17.6 Å². The van der Waals surface area contributed by atoms with Crippen LogP contribution in [0.3, 0.4) is 0 Å². The summed E-state index contributed by atoms with van der Waals surface area (Å²) in [5.74, 6) is 0.245. The van der Waals surface area contributed by atoms with Crippen LogP contribution in [-0.4, -0.2) is 14.3 Å². The summed E-state index contributed by atoms with van der Waals surface area (Å²) in [5.41, 5.74) is 0.860. The van der Waals surface area contributed by atoms with Gasteiger partial charge in [0, 0.05) is 12.6 Å². The molecule has 0 aliphatic rings. The number of benzene rings is 2. The average Bonchev–Trinajstić information content (AvgIpc) is 3.13. The van der Waals surface area contributed by atoms with E-state index in [9.17, 15) is 13.2 Å². The maximum absolute atomic E-state index is 13.3. The number of carbonyl (C=O) groups is 1. The van der Waals surface area contributed by atoms with Gasteiger partial charge in [0.05, 0.1) is 28.4 Å². The number of carbonyl (C=O) groups excluding carboxylic acids is 1. The molecule has 0 saturated heterocycles. The van der Waals surface area contributed by atoms with Crippen LogP contribution in [0, 0.1) is 0 Å². The van der Waals surface area contributed by atoms with Crippen LogP contribution in [-0.2, 0) is 21.4 Å². The predicted octanol–water partition coefficient (Wildman–Crippen LogP) is 4.29. The van der Waals surface area contributed by atoms with E-state index in [2.05, 4.69) is 5.32 Å². The Kier molecular flexibility index (Phi) is 5.53. The Bertz CT molecular complexity index is 1030. The van der Waals surface area contributed by atoms with Gasteiger partial charge < -0.3 is 9.73 Å². The summed E-state index contributed by atoms with van der Waals surface area (Å²) in [6.07, 6.45) is 1.48. The van der Waals surface area contributed by atoms with E-state index in [1.165, 1.54) is 41.8 Å². The molecular weight excluding hydrogens is 388 g/mol. The molecule has 1 aromatic heterocycles. The van der Waals surface area contributed by atoms with E-state index in [0.29, 0.717) is 22.2 Å². The van der Waals surface area contributed by atoms with Crippen molar-refractivity contribution in [2.75, 3.05) is 9.62 Å². The zero-order valence-corrected chi connectivity index (χ0v) is 16.0. The molecule has 0 fully saturated rings. The standard InChI is InChI=1S/C19H17ClN2O4S/c1-14(23)21-15-8-10-17(11-9-15)27(24,25)22(13-16-5-4-12-26-16)19-7-3-2-6-18(19)20/h2-12H,13H2,1H3,(H,21,23). The van der Waals surface area contributed by atoms with E-state index in [1.807, 2.05) is 0 Å². The summed E-state index contributed by atoms with van der Waals surface area (Å²) >= 11 is 6.25. The van der Waals surface area contributed by atoms with E-state index in [0.717, 1.165) is 0 Å². The molecule has 3 rings (SSSR count). The first kappa shape index (κ1) is 19.0. The van der Waals surface area contributed by atoms with Crippen LogP contribution in [0.15, 0.2) is 76.2 Å². The lowest BCUT2D eigenvalue weighted by molar-refractivity contribution is -0.114. The van der Waals surface area contributed by atoms with E-state index in [-0.39, 0.29) is 17.3 Å². The van der Waals surface area contributed by atoms with Gasteiger partial charge in [0.15, 0.2) is 0 Å². The number of furan rings is 1. The molecule has 8 heteroatoms. The third kappa shape index (κ3) is 4.32. The minimum Gasteiger partial charge on any atom is -0.467 e. The third-order valence-corrected chi connectivity index (χ3v) is 5.86. The van der Waals surface area contributed by atoms with Gasteiger partial charge in [-0.2, -0.15) is 0 Å². The Morgan fingerprint density at radius 3 is 2.37 bits per heavy atom. The topological polar surface area (TPSA) is 79.6 Å². The van der Waals surface area contributed by atoms with E-state index in [1.54, 1.807) is 36.4 Å². The fraction of sp³-hybridized carbons (Fsp3) is 0.105. The van der Waals surface area contributed by atoms with Crippen LogP contribution in [0.2, 0.25) is 5.02 Å². The zero-order chi connectivity index (χ0) is 19.4. The number of hydrogen-bond acceptors (Lipinski definition) is 4. The van der Waals surface area contributed by atoms with Crippen LogP contribution < -0.4 is 9.62 Å². The quantitative estimate of drug-likeness (QED) is 0.664. The molecule has 6 nitrogen and oxygen atoms in total. The molecule has 0 saturated carbocycles. The molecule has 27 heavy (non-hydrogen) atoms. The minimum atomic E-state index is -3.92. The summed E-state index contributed by atoms with van der Waals surface area (Å²) in [6.45, 7) is 1.37. The van der Waals surface area contributed by atoms with Crippen molar-refractivity contribution in [3.8, 4) is 0 Å². The molecule has 1 N–H and O–H groups in total. The van der Waals surface area contributed by atoms with E-state index in [4.69, 9.17) is 16.0 Å². The van der Waals surface area contributed by atoms with E-state index >= 15 is 0 Å². The maximum Gasteiger partial charge on any atom is 0.264 e. The summed E-state index contributed by atoms with van der Waals surface area (Å²) in [5, 5.41) is 2.91. The number of hydrogen-bond donors (Lipinski definition) is 1. The fourth-order valence-electron chi connectivity index (χ4n) is 2.54. The van der Waals surface area contributed by atoms with Gasteiger partial charge in [0.1, 0.15) is 5.76 Å². The SMILES string of the molecule is CC(=O)Nc1ccc(S(=O)(=O)N(Cc2ccco2)c2ccccc2Cl)cc1. The Hall–Kier alpha value is -2.77. The van der Waals surface area contributed by atoms with Crippen LogP contribution in [0.4, 0.5) is 11.4 Å². The van der Waals surface area contributed by atoms with Gasteiger partial charge in [-0.1, -0.05) is 23.7 Å². The monoisotopic (exact) mass is 404 g/mol. The Morgan fingerprint density at radius 2 is 1.78 bits per heavy atom. The normalized spacial score (nSPS) is 11.2. The third-order valence-electron chi connectivity index (χ3n) is 3.76. The summed E-state index contributed by atoms with van der Waals surface area (Å²) in [7, 11) is -3.92. The molecule has 0 radical (unpaired) electrons. The number of amides is 1. The number of anilines is 2. The number of nitrogens with zero attached hydrogens (tertiary/aromatic N) is 1. The van der Waals surface area contributed by atoms with Crippen molar-refractivity contribution in [3.05, 3.63) is 77.7 Å². The molecule has 0 spiro atoms. The van der Waals surface area contributed by atoms with Crippen molar-refractivity contribution >= 4 is 38.9 Å². The lowest BCUT2D eigenvalue weighted by Crippen LogP contribution is -2.30. The van der Waals surface area contributed by atoms with Gasteiger partial charge in [-0.25, -0.2) is 8.42 Å². The lowest BCUT2D eigenvalue weighted by atomic mass is 10.3. The highest BCUT2D eigenvalue weighted by atomic mass is 35.5. The van der Waals surface area contributed by atoms with Gasteiger partial charge in [0.25, 0.3) is 10.0 Å². The van der Waals surface area contributed by atoms with Crippen molar-refractivity contribution in [1.82, 2.24) is 0 Å². The lowest BCUT2D eigenvalue weighted by Gasteiger charge is -2.24. The van der Waals surface area contributed by atoms with Crippen LogP contribution in [0.1, 0.15) is 12.7 Å². The van der Waals surface area contributed by atoms with Crippen LogP contribution in [0.25, 0.3) is 0 Å². The van der Waals surface area contributed by atoms with Gasteiger partial charge in [-0.05, 0) is 48.5 Å². The molecule has 0 unspecified atom stereocenters. The maximum atomic E-state index is 13.3. The van der Waals surface area contributed by atoms with Crippen LogP contribution >= 0.6 is 11.6 Å². The van der Waals surface area contributed by atoms with Gasteiger partial charge >= 0.3 is 0 Å². The number of sulfonamides is 1. The second kappa shape index (κ2) is 7.85. The minimum absolute atomic E-state index is 0.00743. The molecule has 2 aromatic carbocycles. The summed E-state index contributed by atoms with van der Waals surface area (Å²) in [4.78, 5) is 11.2. The van der Waals surface area contributed by atoms with Crippen molar-refractivity contribution in [2.45, 2.75) is 18.4 Å². The molecule has 0 aliphatic heterocycles. The van der Waals surface area contributed by atoms with Gasteiger partial charge in [-0.15, -0.1) is 0 Å². The second-order valence-corrected chi connectivity index (χ2v) is 8.02. The molecule has 1 heterocycles. The number of nitrogens with one attached hydrogen (secondary N) is 1. The molecule has 0 bridgehead atoms. The highest BCUT2D eigenvalue weighted by molar-refractivity contribution is 7.92. The first-order valence-corrected chi connectivity index (χ1v) is 9.87. The Morgan fingerprint density at radius 1 is 1.07 bits per heavy atom. The first-order chi connectivity index (χ1) is 12.9. The first-order valence-electron chi connectivity index (χ1n) is 8.05. The average molecular weight is 405 g/mol. The summed E-state index contributed by atoms with van der Waals surface area (Å²) < 4.78 is 33.1. The van der Waals surface area contributed by atoms with Gasteiger partial charge in [-0.3, -0.25) is 9.10 Å². The summed E-state index contributed by atoms with van der Waals surface area (Å²) in [6, 6.07) is 16.0. The highest BCUT2D eigenvalue weighted by Crippen LogP contribution is 2.32. The largest absolute Gasteiger partial charge is 0.467 e. The number of halogens is 1. The molecule has 0 aliphatic carbocycles. The molecule has 1 amide bonds.